The van der Waals surface area contributed by atoms with Gasteiger partial charge in [-0.2, -0.15) is 30.7 Å². The van der Waals surface area contributed by atoms with Crippen LogP contribution in [-0.4, -0.2) is 54.1 Å². The minimum atomic E-state index is -6.55. The van der Waals surface area contributed by atoms with Gasteiger partial charge in [-0.3, -0.25) is 4.79 Å². The van der Waals surface area contributed by atoms with E-state index in [9.17, 15) is 35.5 Å². The molecule has 0 aromatic carbocycles. The van der Waals surface area contributed by atoms with Gasteiger partial charge in [-0.25, -0.2) is 0 Å². The Morgan fingerprint density at radius 3 is 1.82 bits per heavy atom. The SMILES string of the molecule is CN(CCO)C(=O)C(F)(F)C(F)(F)C(F)(F)F. The zero-order valence-electron chi connectivity index (χ0n) is 8.36. The summed E-state index contributed by atoms with van der Waals surface area (Å²) < 4.78 is 85.3. The Balaban J connectivity index is 5.20. The predicted octanol–water partition coefficient (Wildman–Crippen LogP) is 1.27. The van der Waals surface area contributed by atoms with Gasteiger partial charge < -0.3 is 10.0 Å². The first kappa shape index (κ1) is 15.9. The maximum absolute atomic E-state index is 12.7. The maximum atomic E-state index is 12.7. The van der Waals surface area contributed by atoms with Crippen molar-refractivity contribution in [1.82, 2.24) is 4.90 Å². The first-order valence-corrected chi connectivity index (χ1v) is 4.08. The molecule has 0 spiro atoms. The van der Waals surface area contributed by atoms with E-state index in [1.165, 1.54) is 0 Å². The fourth-order valence-corrected chi connectivity index (χ4v) is 0.804. The van der Waals surface area contributed by atoms with Crippen LogP contribution in [0, 0.1) is 0 Å². The fourth-order valence-electron chi connectivity index (χ4n) is 0.804. The van der Waals surface area contributed by atoms with Gasteiger partial charge in [0, 0.05) is 13.6 Å². The normalized spacial score (nSPS) is 13.7. The molecule has 0 aliphatic heterocycles. The van der Waals surface area contributed by atoms with E-state index in [-0.39, 0.29) is 4.90 Å². The second kappa shape index (κ2) is 4.67. The van der Waals surface area contributed by atoms with Crippen molar-refractivity contribution in [2.45, 2.75) is 18.0 Å². The van der Waals surface area contributed by atoms with E-state index in [1.54, 1.807) is 0 Å². The molecule has 3 nitrogen and oxygen atoms in total. The molecular formula is C7H8F7NO2. The standard InChI is InChI=1S/C7H8F7NO2/c1-15(2-3-16)4(17)5(8,9)6(10,11)7(12,13)14/h16H,2-3H2,1H3. The van der Waals surface area contributed by atoms with Crippen molar-refractivity contribution >= 4 is 5.91 Å². The molecule has 0 rings (SSSR count). The lowest BCUT2D eigenvalue weighted by Gasteiger charge is -2.29. The summed E-state index contributed by atoms with van der Waals surface area (Å²) in [5, 5.41) is 8.27. The quantitative estimate of drug-likeness (QED) is 0.782. The monoisotopic (exact) mass is 271 g/mol. The number of aliphatic hydroxyl groups excluding tert-OH is 1. The summed E-state index contributed by atoms with van der Waals surface area (Å²) in [5.74, 6) is -15.1. The number of hydrogen-bond acceptors (Lipinski definition) is 2. The molecule has 1 amide bonds. The van der Waals surface area contributed by atoms with E-state index < -0.39 is 37.1 Å². The van der Waals surface area contributed by atoms with Crippen LogP contribution in [0.25, 0.3) is 0 Å². The zero-order chi connectivity index (χ0) is 14.1. The number of nitrogens with zero attached hydrogens (tertiary/aromatic N) is 1. The molecule has 1 N–H and O–H groups in total. The molecule has 17 heavy (non-hydrogen) atoms. The number of likely N-dealkylation sites (N-methyl/N-ethyl adjacent to an activating group) is 1. The zero-order valence-corrected chi connectivity index (χ0v) is 8.36. The van der Waals surface area contributed by atoms with E-state index in [2.05, 4.69) is 0 Å². The minimum Gasteiger partial charge on any atom is -0.395 e. The largest absolute Gasteiger partial charge is 0.460 e. The number of rotatable bonds is 4. The molecule has 0 atom stereocenters. The number of aliphatic hydroxyl groups is 1. The molecule has 0 heterocycles. The Hall–Kier alpha value is -1.06. The van der Waals surface area contributed by atoms with Crippen LogP contribution in [0.15, 0.2) is 0 Å². The van der Waals surface area contributed by atoms with E-state index >= 15 is 0 Å². The molecule has 0 fully saturated rings. The molecule has 0 saturated heterocycles. The van der Waals surface area contributed by atoms with Crippen molar-refractivity contribution < 1.29 is 40.6 Å². The molecular weight excluding hydrogens is 263 g/mol. The summed E-state index contributed by atoms with van der Waals surface area (Å²) in [5.41, 5.74) is 0. The molecule has 0 aliphatic carbocycles. The van der Waals surface area contributed by atoms with Crippen LogP contribution >= 0.6 is 0 Å². The summed E-state index contributed by atoms with van der Waals surface area (Å²) >= 11 is 0. The summed E-state index contributed by atoms with van der Waals surface area (Å²) in [6, 6.07) is 0. The summed E-state index contributed by atoms with van der Waals surface area (Å²) in [6.07, 6.45) is -6.55. The van der Waals surface area contributed by atoms with Crippen LogP contribution in [0.5, 0.6) is 0 Å². The Bertz CT molecular complexity index is 288. The van der Waals surface area contributed by atoms with Gasteiger partial charge in [0.2, 0.25) is 0 Å². The highest BCUT2D eigenvalue weighted by atomic mass is 19.4. The van der Waals surface area contributed by atoms with Gasteiger partial charge in [-0.1, -0.05) is 0 Å². The van der Waals surface area contributed by atoms with Gasteiger partial charge >= 0.3 is 18.0 Å². The Morgan fingerprint density at radius 1 is 1.12 bits per heavy atom. The smallest absolute Gasteiger partial charge is 0.395 e. The second-order valence-electron chi connectivity index (χ2n) is 3.10. The highest BCUT2D eigenvalue weighted by Crippen LogP contribution is 2.47. The highest BCUT2D eigenvalue weighted by molar-refractivity contribution is 5.84. The van der Waals surface area contributed by atoms with E-state index in [4.69, 9.17) is 5.11 Å². The van der Waals surface area contributed by atoms with Gasteiger partial charge in [-0.05, 0) is 0 Å². The molecule has 0 aliphatic rings. The lowest BCUT2D eigenvalue weighted by Crippen LogP contribution is -2.59. The van der Waals surface area contributed by atoms with Crippen LogP contribution in [0.2, 0.25) is 0 Å². The van der Waals surface area contributed by atoms with Gasteiger partial charge in [0.15, 0.2) is 0 Å². The van der Waals surface area contributed by atoms with Crippen LogP contribution in [0.3, 0.4) is 0 Å². The molecule has 0 saturated carbocycles. The molecule has 10 heteroatoms. The third kappa shape index (κ3) is 2.79. The molecule has 0 aromatic rings. The fraction of sp³-hybridized carbons (Fsp3) is 0.857. The van der Waals surface area contributed by atoms with Crippen molar-refractivity contribution in [2.24, 2.45) is 0 Å². The average Bonchev–Trinajstić information content (AvgIpc) is 2.14. The minimum absolute atomic E-state index is 0.111. The lowest BCUT2D eigenvalue weighted by atomic mass is 10.1. The number of hydrogen-bond donors (Lipinski definition) is 1. The van der Waals surface area contributed by atoms with Crippen molar-refractivity contribution in [3.8, 4) is 0 Å². The number of carbonyl (C=O) groups is 1. The number of halogens is 7. The molecule has 0 bridgehead atoms. The Labute approximate surface area is 90.8 Å². The summed E-state index contributed by atoms with van der Waals surface area (Å²) in [7, 11) is 0.568. The van der Waals surface area contributed by atoms with E-state index in [0.29, 0.717) is 7.05 Å². The third-order valence-electron chi connectivity index (χ3n) is 1.80. The van der Waals surface area contributed by atoms with Crippen LogP contribution < -0.4 is 0 Å². The molecule has 0 aromatic heterocycles. The van der Waals surface area contributed by atoms with Crippen molar-refractivity contribution in [2.75, 3.05) is 20.2 Å². The molecule has 0 radical (unpaired) electrons. The Morgan fingerprint density at radius 2 is 1.53 bits per heavy atom. The summed E-state index contributed by atoms with van der Waals surface area (Å²) in [4.78, 5) is 10.6. The average molecular weight is 271 g/mol. The summed E-state index contributed by atoms with van der Waals surface area (Å²) in [6.45, 7) is -1.64. The van der Waals surface area contributed by atoms with Crippen LogP contribution in [0.4, 0.5) is 30.7 Å². The molecule has 102 valence electrons. The van der Waals surface area contributed by atoms with E-state index in [1.807, 2.05) is 0 Å². The van der Waals surface area contributed by atoms with Crippen molar-refractivity contribution in [1.29, 1.82) is 0 Å². The van der Waals surface area contributed by atoms with Crippen molar-refractivity contribution in [3.63, 3.8) is 0 Å². The molecule has 0 unspecified atom stereocenters. The van der Waals surface area contributed by atoms with Gasteiger partial charge in [0.25, 0.3) is 5.91 Å². The van der Waals surface area contributed by atoms with Gasteiger partial charge in [0.1, 0.15) is 0 Å². The Kier molecular flexibility index (Phi) is 4.38. The number of alkyl halides is 7. The van der Waals surface area contributed by atoms with Gasteiger partial charge in [-0.15, -0.1) is 0 Å². The van der Waals surface area contributed by atoms with Crippen LogP contribution in [0.1, 0.15) is 0 Å². The number of carbonyl (C=O) groups excluding carboxylic acids is 1. The highest BCUT2D eigenvalue weighted by Gasteiger charge is 2.76. The second-order valence-corrected chi connectivity index (χ2v) is 3.10. The third-order valence-corrected chi connectivity index (χ3v) is 1.80. The first-order chi connectivity index (χ1) is 7.39. The first-order valence-electron chi connectivity index (χ1n) is 4.08. The lowest BCUT2D eigenvalue weighted by molar-refractivity contribution is -0.345. The number of amides is 1. The van der Waals surface area contributed by atoms with E-state index in [0.717, 1.165) is 0 Å². The van der Waals surface area contributed by atoms with Crippen molar-refractivity contribution in [3.05, 3.63) is 0 Å². The topological polar surface area (TPSA) is 40.5 Å². The van der Waals surface area contributed by atoms with Gasteiger partial charge in [0.05, 0.1) is 6.61 Å². The predicted molar refractivity (Wildman–Crippen MR) is 40.7 cm³/mol. The maximum Gasteiger partial charge on any atom is 0.460 e. The van der Waals surface area contributed by atoms with Crippen LogP contribution in [-0.2, 0) is 4.79 Å².